The zero-order valence-corrected chi connectivity index (χ0v) is 10.4. The van der Waals surface area contributed by atoms with Gasteiger partial charge in [-0.3, -0.25) is 4.79 Å². The number of amides is 1. The number of rotatable bonds is 2. The molecule has 2 N–H and O–H groups in total. The Hall–Kier alpha value is -2.23. The van der Waals surface area contributed by atoms with Crippen molar-refractivity contribution in [3.63, 3.8) is 0 Å². The smallest absolute Gasteiger partial charge is 0.381 e. The predicted molar refractivity (Wildman–Crippen MR) is 65.8 cm³/mol. The Bertz CT molecular complexity index is 553. The highest BCUT2D eigenvalue weighted by atomic mass is 19.4. The van der Waals surface area contributed by atoms with E-state index < -0.39 is 17.3 Å². The number of carbonyl (C=O) groups excluding carboxylic acids is 1. The summed E-state index contributed by atoms with van der Waals surface area (Å²) < 4.78 is 38.4. The van der Waals surface area contributed by atoms with Crippen molar-refractivity contribution in [1.29, 1.82) is 5.26 Å². The van der Waals surface area contributed by atoms with Crippen LogP contribution in [-0.4, -0.2) is 18.5 Å². The molecular weight excluding hydrogens is 271 g/mol. The molecule has 2 rings (SSSR count). The molecule has 1 amide bonds. The number of piperidine rings is 1. The van der Waals surface area contributed by atoms with Crippen LogP contribution in [0.2, 0.25) is 0 Å². The number of hydrogen-bond donors (Lipinski definition) is 2. The molecule has 0 bridgehead atoms. The highest BCUT2D eigenvalue weighted by Gasteiger charge is 2.34. The van der Waals surface area contributed by atoms with Crippen LogP contribution in [0.25, 0.3) is 0 Å². The number of anilines is 1. The third kappa shape index (κ3) is 3.20. The van der Waals surface area contributed by atoms with Gasteiger partial charge in [0.05, 0.1) is 17.2 Å². The van der Waals surface area contributed by atoms with Gasteiger partial charge in [-0.05, 0) is 24.6 Å². The van der Waals surface area contributed by atoms with E-state index in [1.807, 2.05) is 0 Å². The molecule has 7 heteroatoms. The van der Waals surface area contributed by atoms with Gasteiger partial charge in [0, 0.05) is 24.7 Å². The van der Waals surface area contributed by atoms with E-state index >= 15 is 0 Å². The van der Waals surface area contributed by atoms with E-state index in [-0.39, 0.29) is 17.6 Å². The number of nitrogens with zero attached hydrogens (tertiary/aromatic N) is 1. The fraction of sp³-hybridized carbons (Fsp3) is 0.385. The lowest BCUT2D eigenvalue weighted by Crippen LogP contribution is -2.41. The highest BCUT2D eigenvalue weighted by molar-refractivity contribution is 5.77. The Morgan fingerprint density at radius 2 is 2.15 bits per heavy atom. The largest absolute Gasteiger partial charge is 0.417 e. The van der Waals surface area contributed by atoms with E-state index in [1.54, 1.807) is 0 Å². The number of nitrogens with one attached hydrogen (secondary N) is 2. The summed E-state index contributed by atoms with van der Waals surface area (Å²) in [4.78, 5) is 11.0. The van der Waals surface area contributed by atoms with Crippen LogP contribution in [0.5, 0.6) is 0 Å². The molecule has 0 aliphatic carbocycles. The molecule has 1 aliphatic heterocycles. The number of hydrogen-bond acceptors (Lipinski definition) is 3. The van der Waals surface area contributed by atoms with Crippen molar-refractivity contribution in [2.45, 2.75) is 25.1 Å². The van der Waals surface area contributed by atoms with Gasteiger partial charge in [-0.15, -0.1) is 0 Å². The van der Waals surface area contributed by atoms with E-state index in [0.29, 0.717) is 19.4 Å². The molecule has 1 aliphatic rings. The van der Waals surface area contributed by atoms with E-state index in [9.17, 15) is 18.0 Å². The molecule has 0 aromatic heterocycles. The molecule has 20 heavy (non-hydrogen) atoms. The lowest BCUT2D eigenvalue weighted by Gasteiger charge is -2.25. The molecule has 1 aromatic carbocycles. The molecule has 1 unspecified atom stereocenters. The minimum absolute atomic E-state index is 0.0566. The van der Waals surface area contributed by atoms with Crippen LogP contribution in [0, 0.1) is 11.3 Å². The van der Waals surface area contributed by atoms with E-state index in [4.69, 9.17) is 5.26 Å². The van der Waals surface area contributed by atoms with Crippen molar-refractivity contribution in [3.05, 3.63) is 29.3 Å². The van der Waals surface area contributed by atoms with E-state index in [2.05, 4.69) is 10.6 Å². The molecule has 1 aromatic rings. The molecule has 106 valence electrons. The van der Waals surface area contributed by atoms with Crippen molar-refractivity contribution in [3.8, 4) is 6.07 Å². The summed E-state index contributed by atoms with van der Waals surface area (Å²) in [5, 5.41) is 14.3. The fourth-order valence-electron chi connectivity index (χ4n) is 2.06. The number of alkyl halides is 3. The molecule has 1 fully saturated rings. The van der Waals surface area contributed by atoms with Gasteiger partial charge in [-0.2, -0.15) is 18.4 Å². The average Bonchev–Trinajstić information content (AvgIpc) is 2.40. The number of carbonyl (C=O) groups is 1. The molecule has 0 spiro atoms. The minimum Gasteiger partial charge on any atom is -0.381 e. The van der Waals surface area contributed by atoms with Crippen molar-refractivity contribution in [2.75, 3.05) is 11.9 Å². The van der Waals surface area contributed by atoms with E-state index in [1.165, 1.54) is 12.1 Å². The second-order valence-electron chi connectivity index (χ2n) is 4.55. The first-order valence-corrected chi connectivity index (χ1v) is 6.04. The minimum atomic E-state index is -4.57. The monoisotopic (exact) mass is 283 g/mol. The summed E-state index contributed by atoms with van der Waals surface area (Å²) in [6.07, 6.45) is -3.66. The van der Waals surface area contributed by atoms with Gasteiger partial charge in [0.1, 0.15) is 0 Å². The van der Waals surface area contributed by atoms with Gasteiger partial charge in [-0.1, -0.05) is 0 Å². The van der Waals surface area contributed by atoms with Crippen LogP contribution in [-0.2, 0) is 11.0 Å². The lowest BCUT2D eigenvalue weighted by atomic mass is 10.0. The van der Waals surface area contributed by atoms with Gasteiger partial charge < -0.3 is 10.6 Å². The van der Waals surface area contributed by atoms with Crippen LogP contribution >= 0.6 is 0 Å². The van der Waals surface area contributed by atoms with Crippen LogP contribution in [0.3, 0.4) is 0 Å². The Labute approximate surface area is 113 Å². The molecule has 0 radical (unpaired) electrons. The maximum absolute atomic E-state index is 12.8. The summed E-state index contributed by atoms with van der Waals surface area (Å²) in [6, 6.07) is 4.93. The molecule has 1 heterocycles. The highest BCUT2D eigenvalue weighted by Crippen LogP contribution is 2.33. The van der Waals surface area contributed by atoms with E-state index in [0.717, 1.165) is 12.1 Å². The van der Waals surface area contributed by atoms with Crippen LogP contribution in [0.1, 0.15) is 24.0 Å². The molecular formula is C13H12F3N3O. The van der Waals surface area contributed by atoms with Gasteiger partial charge in [0.2, 0.25) is 5.91 Å². The van der Waals surface area contributed by atoms with Crippen molar-refractivity contribution in [2.24, 2.45) is 0 Å². The predicted octanol–water partition coefficient (Wildman–Crippen LogP) is 2.27. The topological polar surface area (TPSA) is 64.9 Å². The first kappa shape index (κ1) is 14.2. The fourth-order valence-corrected chi connectivity index (χ4v) is 2.06. The third-order valence-electron chi connectivity index (χ3n) is 3.08. The summed E-state index contributed by atoms with van der Waals surface area (Å²) in [5.74, 6) is -0.0566. The Morgan fingerprint density at radius 1 is 1.40 bits per heavy atom. The summed E-state index contributed by atoms with van der Waals surface area (Å²) in [6.45, 7) is 0.375. The van der Waals surface area contributed by atoms with Crippen LogP contribution in [0.4, 0.5) is 18.9 Å². The standard InChI is InChI=1S/C13H12F3N3O/c14-13(15,16)11-5-9(2-1-8(11)6-17)19-10-3-4-12(20)18-7-10/h1-2,5,10,19H,3-4,7H2,(H,18,20). The number of halogens is 3. The molecule has 1 atom stereocenters. The van der Waals surface area contributed by atoms with Crippen LogP contribution < -0.4 is 10.6 Å². The summed E-state index contributed by atoms with van der Waals surface area (Å²) in [5.41, 5.74) is -1.07. The van der Waals surface area contributed by atoms with Gasteiger partial charge in [0.25, 0.3) is 0 Å². The maximum Gasteiger partial charge on any atom is 0.417 e. The SMILES string of the molecule is N#Cc1ccc(NC2CCC(=O)NC2)cc1C(F)(F)F. The summed E-state index contributed by atoms with van der Waals surface area (Å²) >= 11 is 0. The second-order valence-corrected chi connectivity index (χ2v) is 4.55. The van der Waals surface area contributed by atoms with Gasteiger partial charge in [-0.25, -0.2) is 0 Å². The molecule has 1 saturated heterocycles. The Kier molecular flexibility index (Phi) is 3.84. The lowest BCUT2D eigenvalue weighted by molar-refractivity contribution is -0.137. The third-order valence-corrected chi connectivity index (χ3v) is 3.08. The van der Waals surface area contributed by atoms with Crippen molar-refractivity contribution < 1.29 is 18.0 Å². The zero-order chi connectivity index (χ0) is 14.8. The Balaban J connectivity index is 2.17. The molecule has 0 saturated carbocycles. The Morgan fingerprint density at radius 3 is 2.70 bits per heavy atom. The van der Waals surface area contributed by atoms with Crippen molar-refractivity contribution in [1.82, 2.24) is 5.32 Å². The first-order chi connectivity index (χ1) is 9.40. The van der Waals surface area contributed by atoms with Gasteiger partial charge >= 0.3 is 6.18 Å². The number of benzene rings is 1. The van der Waals surface area contributed by atoms with Crippen molar-refractivity contribution >= 4 is 11.6 Å². The summed E-state index contributed by atoms with van der Waals surface area (Å²) in [7, 11) is 0. The second kappa shape index (κ2) is 5.41. The maximum atomic E-state index is 12.8. The first-order valence-electron chi connectivity index (χ1n) is 6.04. The zero-order valence-electron chi connectivity index (χ0n) is 10.4. The molecule has 4 nitrogen and oxygen atoms in total. The average molecular weight is 283 g/mol. The number of nitriles is 1. The van der Waals surface area contributed by atoms with Crippen LogP contribution in [0.15, 0.2) is 18.2 Å². The quantitative estimate of drug-likeness (QED) is 0.875. The normalized spacial score (nSPS) is 19.1. The van der Waals surface area contributed by atoms with Gasteiger partial charge in [0.15, 0.2) is 0 Å².